The van der Waals surface area contributed by atoms with E-state index in [2.05, 4.69) is 31.4 Å². The van der Waals surface area contributed by atoms with Crippen molar-refractivity contribution in [3.05, 3.63) is 17.5 Å². The summed E-state index contributed by atoms with van der Waals surface area (Å²) in [7, 11) is 0. The van der Waals surface area contributed by atoms with Crippen molar-refractivity contribution in [2.45, 2.75) is 26.1 Å². The number of fused-ring (bicyclic) bond motifs is 2. The van der Waals surface area contributed by atoms with Crippen LogP contribution < -0.4 is 10.6 Å². The van der Waals surface area contributed by atoms with Gasteiger partial charge >= 0.3 is 0 Å². The molecule has 21 heavy (non-hydrogen) atoms. The molecule has 0 radical (unpaired) electrons. The lowest BCUT2D eigenvalue weighted by Gasteiger charge is -2.14. The van der Waals surface area contributed by atoms with Gasteiger partial charge in [-0.2, -0.15) is 5.10 Å². The Kier molecular flexibility index (Phi) is 3.04. The average molecular weight is 289 g/mol. The quantitative estimate of drug-likeness (QED) is 0.689. The number of nitrogens with one attached hydrogen (secondary N) is 2. The molecule has 7 nitrogen and oxygen atoms in total. The summed E-state index contributed by atoms with van der Waals surface area (Å²) in [5.74, 6) is -0.561. The number of imide groups is 1. The predicted molar refractivity (Wildman–Crippen MR) is 74.0 cm³/mol. The fourth-order valence-corrected chi connectivity index (χ4v) is 3.58. The highest BCUT2D eigenvalue weighted by Gasteiger charge is 2.47. The molecule has 0 aromatic carbocycles. The molecule has 2 amide bonds. The Bertz CT molecular complexity index is 551. The molecule has 112 valence electrons. The Morgan fingerprint density at radius 3 is 2.76 bits per heavy atom. The highest BCUT2D eigenvalue weighted by molar-refractivity contribution is 6.05. The Morgan fingerprint density at radius 2 is 2.00 bits per heavy atom. The van der Waals surface area contributed by atoms with E-state index >= 15 is 0 Å². The molecule has 7 heteroatoms. The Labute approximate surface area is 122 Å². The van der Waals surface area contributed by atoms with Gasteiger partial charge in [0, 0.05) is 32.7 Å². The monoisotopic (exact) mass is 289 g/mol. The van der Waals surface area contributed by atoms with Gasteiger partial charge in [0.1, 0.15) is 0 Å². The molecule has 0 spiro atoms. The second-order valence-corrected chi connectivity index (χ2v) is 6.14. The van der Waals surface area contributed by atoms with Crippen LogP contribution >= 0.6 is 0 Å². The summed E-state index contributed by atoms with van der Waals surface area (Å²) in [6.45, 7) is 4.87. The molecular formula is C14H19N5O2. The minimum atomic E-state index is -0.167. The van der Waals surface area contributed by atoms with Crippen molar-refractivity contribution in [2.24, 2.45) is 11.8 Å². The largest absolute Gasteiger partial charge is 0.311 e. The van der Waals surface area contributed by atoms with Crippen LogP contribution in [0.4, 0.5) is 0 Å². The molecule has 0 saturated carbocycles. The zero-order valence-corrected chi connectivity index (χ0v) is 11.8. The molecule has 1 aromatic rings. The van der Waals surface area contributed by atoms with Crippen LogP contribution in [0, 0.1) is 11.8 Å². The average Bonchev–Trinajstić information content (AvgIpc) is 3.05. The summed E-state index contributed by atoms with van der Waals surface area (Å²) < 4.78 is 2.07. The van der Waals surface area contributed by atoms with Crippen molar-refractivity contribution in [1.82, 2.24) is 25.3 Å². The van der Waals surface area contributed by atoms with Gasteiger partial charge in [-0.15, -0.1) is 0 Å². The van der Waals surface area contributed by atoms with Crippen LogP contribution in [0.2, 0.25) is 0 Å². The Morgan fingerprint density at radius 1 is 1.24 bits per heavy atom. The van der Waals surface area contributed by atoms with E-state index in [1.54, 1.807) is 0 Å². The highest BCUT2D eigenvalue weighted by atomic mass is 16.2. The minimum Gasteiger partial charge on any atom is -0.311 e. The third-order valence-corrected chi connectivity index (χ3v) is 4.64. The van der Waals surface area contributed by atoms with E-state index in [1.807, 2.05) is 0 Å². The van der Waals surface area contributed by atoms with Gasteiger partial charge in [0.25, 0.3) is 0 Å². The van der Waals surface area contributed by atoms with Gasteiger partial charge in [-0.05, 0) is 19.0 Å². The number of likely N-dealkylation sites (tertiary alicyclic amines) is 1. The lowest BCUT2D eigenvalue weighted by atomic mass is 10.00. The number of hydrogen-bond donors (Lipinski definition) is 2. The molecule has 4 heterocycles. The zero-order valence-electron chi connectivity index (χ0n) is 11.8. The van der Waals surface area contributed by atoms with Crippen LogP contribution in [0.15, 0.2) is 6.07 Å². The van der Waals surface area contributed by atoms with Gasteiger partial charge in [0.15, 0.2) is 0 Å². The molecule has 4 rings (SSSR count). The number of aryl methyl sites for hydroxylation is 1. The molecule has 0 unspecified atom stereocenters. The third-order valence-electron chi connectivity index (χ3n) is 4.64. The van der Waals surface area contributed by atoms with E-state index in [-0.39, 0.29) is 23.7 Å². The van der Waals surface area contributed by atoms with E-state index < -0.39 is 0 Å². The molecule has 1 aromatic heterocycles. The van der Waals surface area contributed by atoms with Gasteiger partial charge < -0.3 is 5.32 Å². The molecule has 0 aliphatic carbocycles. The lowest BCUT2D eigenvalue weighted by Crippen LogP contribution is -2.31. The number of hydrogen-bond acceptors (Lipinski definition) is 5. The van der Waals surface area contributed by atoms with E-state index in [0.29, 0.717) is 19.6 Å². The number of nitrogens with zero attached hydrogens (tertiary/aromatic N) is 3. The van der Waals surface area contributed by atoms with Crippen LogP contribution in [-0.4, -0.2) is 46.1 Å². The minimum absolute atomic E-state index is 0.114. The maximum absolute atomic E-state index is 11.7. The number of rotatable bonds is 2. The smallest absolute Gasteiger partial charge is 0.231 e. The summed E-state index contributed by atoms with van der Waals surface area (Å²) in [5.41, 5.74) is 2.25. The highest BCUT2D eigenvalue weighted by Crippen LogP contribution is 2.29. The van der Waals surface area contributed by atoms with E-state index in [4.69, 9.17) is 0 Å². The first-order chi connectivity index (χ1) is 10.2. The van der Waals surface area contributed by atoms with Crippen molar-refractivity contribution in [1.29, 1.82) is 0 Å². The molecule has 2 fully saturated rings. The topological polar surface area (TPSA) is 79.3 Å². The standard InChI is InChI=1S/C14H19N5O2/c20-13-11-7-18(8-12(11)14(21)16-13)6-9-4-10-5-15-2-1-3-19(10)17-9/h4,11-12,15H,1-3,5-8H2,(H,16,20,21)/t11-,12+. The molecule has 3 aliphatic rings. The van der Waals surface area contributed by atoms with Crippen LogP contribution in [-0.2, 0) is 29.2 Å². The van der Waals surface area contributed by atoms with Gasteiger partial charge in [-0.25, -0.2) is 0 Å². The summed E-state index contributed by atoms with van der Waals surface area (Å²) in [6, 6.07) is 2.13. The fourth-order valence-electron chi connectivity index (χ4n) is 3.58. The third kappa shape index (κ3) is 2.26. The Balaban J connectivity index is 1.46. The van der Waals surface area contributed by atoms with Crippen molar-refractivity contribution >= 4 is 11.8 Å². The van der Waals surface area contributed by atoms with E-state index in [0.717, 1.165) is 31.7 Å². The number of carbonyl (C=O) groups is 2. The summed E-state index contributed by atoms with van der Waals surface area (Å²) in [5, 5.41) is 10.5. The second kappa shape index (κ2) is 4.92. The molecular weight excluding hydrogens is 270 g/mol. The van der Waals surface area contributed by atoms with Crippen LogP contribution in [0.3, 0.4) is 0 Å². The summed E-state index contributed by atoms with van der Waals surface area (Å²) in [4.78, 5) is 25.5. The number of carbonyl (C=O) groups excluding carboxylic acids is 2. The van der Waals surface area contributed by atoms with Gasteiger partial charge in [-0.1, -0.05) is 0 Å². The fraction of sp³-hybridized carbons (Fsp3) is 0.643. The van der Waals surface area contributed by atoms with Crippen molar-refractivity contribution in [3.63, 3.8) is 0 Å². The SMILES string of the molecule is O=C1NC(=O)[C@@H]2CN(Cc3cc4n(n3)CCCNC4)C[C@H]12. The molecule has 2 N–H and O–H groups in total. The second-order valence-electron chi connectivity index (χ2n) is 6.14. The van der Waals surface area contributed by atoms with Crippen molar-refractivity contribution in [2.75, 3.05) is 19.6 Å². The van der Waals surface area contributed by atoms with Crippen molar-refractivity contribution < 1.29 is 9.59 Å². The van der Waals surface area contributed by atoms with E-state index in [1.165, 1.54) is 5.69 Å². The first-order valence-electron chi connectivity index (χ1n) is 7.54. The maximum atomic E-state index is 11.7. The normalized spacial score (nSPS) is 29.1. The van der Waals surface area contributed by atoms with Gasteiger partial charge in [0.2, 0.25) is 11.8 Å². The summed E-state index contributed by atoms with van der Waals surface area (Å²) >= 11 is 0. The molecule has 3 aliphatic heterocycles. The molecule has 2 saturated heterocycles. The van der Waals surface area contributed by atoms with Crippen LogP contribution in [0.25, 0.3) is 0 Å². The van der Waals surface area contributed by atoms with Gasteiger partial charge in [0.05, 0.1) is 23.2 Å². The van der Waals surface area contributed by atoms with Gasteiger partial charge in [-0.3, -0.25) is 24.5 Å². The lowest BCUT2D eigenvalue weighted by molar-refractivity contribution is -0.126. The first kappa shape index (κ1) is 13.0. The zero-order chi connectivity index (χ0) is 14.4. The maximum Gasteiger partial charge on any atom is 0.231 e. The van der Waals surface area contributed by atoms with E-state index in [9.17, 15) is 9.59 Å². The number of aromatic nitrogens is 2. The van der Waals surface area contributed by atoms with Crippen LogP contribution in [0.1, 0.15) is 17.8 Å². The Hall–Kier alpha value is -1.73. The summed E-state index contributed by atoms with van der Waals surface area (Å²) in [6.07, 6.45) is 1.09. The first-order valence-corrected chi connectivity index (χ1v) is 7.54. The van der Waals surface area contributed by atoms with Crippen LogP contribution in [0.5, 0.6) is 0 Å². The van der Waals surface area contributed by atoms with Crippen molar-refractivity contribution in [3.8, 4) is 0 Å². The predicted octanol–water partition coefficient (Wildman–Crippen LogP) is -0.919. The number of amides is 2. The molecule has 2 atom stereocenters. The molecule has 0 bridgehead atoms.